The van der Waals surface area contributed by atoms with Crippen molar-refractivity contribution in [3.63, 3.8) is 0 Å². The summed E-state index contributed by atoms with van der Waals surface area (Å²) in [4.78, 5) is 0. The SMILES string of the molecule is C#Cc1ccccc1-c1ccc(I)cc1. The Balaban J connectivity index is 2.55. The Hall–Kier alpha value is -1.27. The Labute approximate surface area is 103 Å². The molecule has 0 N–H and O–H groups in total. The molecule has 72 valence electrons. The molecular weight excluding hydrogens is 295 g/mol. The van der Waals surface area contributed by atoms with E-state index in [1.807, 2.05) is 18.2 Å². The molecule has 0 amide bonds. The summed E-state index contributed by atoms with van der Waals surface area (Å²) in [5, 5.41) is 0. The lowest BCUT2D eigenvalue weighted by molar-refractivity contribution is 1.57. The van der Waals surface area contributed by atoms with Gasteiger partial charge in [-0.05, 0) is 51.9 Å². The molecule has 0 fully saturated rings. The number of terminal acetylenes is 1. The minimum Gasteiger partial charge on any atom is -0.115 e. The van der Waals surface area contributed by atoms with Gasteiger partial charge in [0.15, 0.2) is 0 Å². The van der Waals surface area contributed by atoms with E-state index in [0.717, 1.165) is 11.1 Å². The molecule has 0 nitrogen and oxygen atoms in total. The maximum absolute atomic E-state index is 5.47. The van der Waals surface area contributed by atoms with Crippen LogP contribution < -0.4 is 0 Å². The average molecular weight is 304 g/mol. The molecule has 1 heteroatoms. The molecule has 2 rings (SSSR count). The van der Waals surface area contributed by atoms with E-state index in [0.29, 0.717) is 0 Å². The van der Waals surface area contributed by atoms with Gasteiger partial charge >= 0.3 is 0 Å². The van der Waals surface area contributed by atoms with Crippen molar-refractivity contribution in [2.24, 2.45) is 0 Å². The highest BCUT2D eigenvalue weighted by atomic mass is 127. The number of benzene rings is 2. The van der Waals surface area contributed by atoms with E-state index >= 15 is 0 Å². The molecule has 0 saturated carbocycles. The summed E-state index contributed by atoms with van der Waals surface area (Å²) >= 11 is 2.29. The summed E-state index contributed by atoms with van der Waals surface area (Å²) in [6, 6.07) is 16.4. The molecule has 0 saturated heterocycles. The maximum atomic E-state index is 5.47. The summed E-state index contributed by atoms with van der Waals surface area (Å²) in [5.74, 6) is 2.71. The predicted octanol–water partition coefficient (Wildman–Crippen LogP) is 3.94. The fraction of sp³-hybridized carbons (Fsp3) is 0. The topological polar surface area (TPSA) is 0 Å². The first-order chi connectivity index (χ1) is 7.31. The van der Waals surface area contributed by atoms with Gasteiger partial charge in [0.05, 0.1) is 0 Å². The highest BCUT2D eigenvalue weighted by molar-refractivity contribution is 14.1. The van der Waals surface area contributed by atoms with Crippen molar-refractivity contribution in [3.05, 3.63) is 57.7 Å². The van der Waals surface area contributed by atoms with Gasteiger partial charge in [-0.15, -0.1) is 6.42 Å². The summed E-state index contributed by atoms with van der Waals surface area (Å²) in [5.41, 5.74) is 3.24. The Morgan fingerprint density at radius 3 is 2.27 bits per heavy atom. The van der Waals surface area contributed by atoms with Crippen molar-refractivity contribution < 1.29 is 0 Å². The molecule has 0 aliphatic carbocycles. The number of hydrogen-bond acceptors (Lipinski definition) is 0. The minimum absolute atomic E-state index is 0.943. The maximum Gasteiger partial charge on any atom is 0.0321 e. The molecule has 0 atom stereocenters. The van der Waals surface area contributed by atoms with Crippen molar-refractivity contribution in [1.82, 2.24) is 0 Å². The summed E-state index contributed by atoms with van der Waals surface area (Å²) in [7, 11) is 0. The van der Waals surface area contributed by atoms with Gasteiger partial charge in [0.2, 0.25) is 0 Å². The molecule has 0 bridgehead atoms. The van der Waals surface area contributed by atoms with Gasteiger partial charge in [0.25, 0.3) is 0 Å². The van der Waals surface area contributed by atoms with Crippen LogP contribution >= 0.6 is 22.6 Å². The van der Waals surface area contributed by atoms with Crippen LogP contribution in [-0.4, -0.2) is 0 Å². The van der Waals surface area contributed by atoms with Crippen molar-refractivity contribution in [3.8, 4) is 23.5 Å². The quantitative estimate of drug-likeness (QED) is 0.553. The molecule has 0 radical (unpaired) electrons. The van der Waals surface area contributed by atoms with Crippen molar-refractivity contribution in [2.75, 3.05) is 0 Å². The van der Waals surface area contributed by atoms with E-state index in [9.17, 15) is 0 Å². The molecule has 15 heavy (non-hydrogen) atoms. The van der Waals surface area contributed by atoms with Crippen LogP contribution in [0.4, 0.5) is 0 Å². The van der Waals surface area contributed by atoms with Gasteiger partial charge in [-0.2, -0.15) is 0 Å². The van der Waals surface area contributed by atoms with E-state index in [-0.39, 0.29) is 0 Å². The molecule has 0 aliphatic rings. The van der Waals surface area contributed by atoms with Gasteiger partial charge in [0, 0.05) is 9.13 Å². The van der Waals surface area contributed by atoms with Crippen LogP contribution in [0.5, 0.6) is 0 Å². The highest BCUT2D eigenvalue weighted by Crippen LogP contribution is 2.23. The highest BCUT2D eigenvalue weighted by Gasteiger charge is 2.01. The number of halogens is 1. The second-order valence-electron chi connectivity index (χ2n) is 3.20. The van der Waals surface area contributed by atoms with E-state index < -0.39 is 0 Å². The van der Waals surface area contributed by atoms with E-state index in [2.05, 4.69) is 58.8 Å². The van der Waals surface area contributed by atoms with Crippen LogP contribution in [0.25, 0.3) is 11.1 Å². The van der Waals surface area contributed by atoms with E-state index in [1.165, 1.54) is 9.13 Å². The second kappa shape index (κ2) is 4.50. The lowest BCUT2D eigenvalue weighted by atomic mass is 10.0. The third-order valence-electron chi connectivity index (χ3n) is 2.24. The van der Waals surface area contributed by atoms with E-state index in [4.69, 9.17) is 6.42 Å². The predicted molar refractivity (Wildman–Crippen MR) is 72.5 cm³/mol. The van der Waals surface area contributed by atoms with Gasteiger partial charge in [0.1, 0.15) is 0 Å². The first kappa shape index (κ1) is 10.3. The molecule has 2 aromatic carbocycles. The smallest absolute Gasteiger partial charge is 0.0321 e. The Kier molecular flexibility index (Phi) is 3.08. The standard InChI is InChI=1S/C14H9I/c1-2-11-5-3-4-6-14(11)12-7-9-13(15)10-8-12/h1,3-10H. The van der Waals surface area contributed by atoms with Crippen molar-refractivity contribution in [2.45, 2.75) is 0 Å². The lowest BCUT2D eigenvalue weighted by Crippen LogP contribution is -1.83. The lowest BCUT2D eigenvalue weighted by Gasteiger charge is -2.04. The second-order valence-corrected chi connectivity index (χ2v) is 4.44. The zero-order valence-electron chi connectivity index (χ0n) is 8.07. The van der Waals surface area contributed by atoms with Crippen LogP contribution in [0, 0.1) is 15.9 Å². The Bertz CT molecular complexity index is 504. The summed E-state index contributed by atoms with van der Waals surface area (Å²) in [6.45, 7) is 0. The molecule has 0 unspecified atom stereocenters. The normalized spacial score (nSPS) is 9.60. The molecule has 0 aromatic heterocycles. The Morgan fingerprint density at radius 1 is 0.933 bits per heavy atom. The van der Waals surface area contributed by atoms with Crippen LogP contribution in [0.15, 0.2) is 48.5 Å². The van der Waals surface area contributed by atoms with Crippen LogP contribution in [0.3, 0.4) is 0 Å². The monoisotopic (exact) mass is 304 g/mol. The van der Waals surface area contributed by atoms with E-state index in [1.54, 1.807) is 0 Å². The largest absolute Gasteiger partial charge is 0.115 e. The molecule has 0 aliphatic heterocycles. The van der Waals surface area contributed by atoms with Crippen molar-refractivity contribution >= 4 is 22.6 Å². The Morgan fingerprint density at radius 2 is 1.60 bits per heavy atom. The zero-order valence-corrected chi connectivity index (χ0v) is 10.2. The van der Waals surface area contributed by atoms with Gasteiger partial charge in [-0.3, -0.25) is 0 Å². The fourth-order valence-electron chi connectivity index (χ4n) is 1.49. The summed E-state index contributed by atoms with van der Waals surface area (Å²) < 4.78 is 1.23. The third kappa shape index (κ3) is 2.21. The average Bonchev–Trinajstić information content (AvgIpc) is 2.30. The zero-order chi connectivity index (χ0) is 10.7. The van der Waals surface area contributed by atoms with Gasteiger partial charge < -0.3 is 0 Å². The van der Waals surface area contributed by atoms with Crippen LogP contribution in [0.2, 0.25) is 0 Å². The number of rotatable bonds is 1. The molecular formula is C14H9I. The molecule has 0 heterocycles. The van der Waals surface area contributed by atoms with Gasteiger partial charge in [-0.25, -0.2) is 0 Å². The third-order valence-corrected chi connectivity index (χ3v) is 2.96. The van der Waals surface area contributed by atoms with Crippen molar-refractivity contribution in [1.29, 1.82) is 0 Å². The fourth-order valence-corrected chi connectivity index (χ4v) is 1.85. The number of hydrogen-bond donors (Lipinski definition) is 0. The molecule has 2 aromatic rings. The summed E-state index contributed by atoms with van der Waals surface area (Å²) in [6.07, 6.45) is 5.47. The first-order valence-electron chi connectivity index (χ1n) is 4.63. The van der Waals surface area contributed by atoms with Gasteiger partial charge in [-0.1, -0.05) is 36.3 Å². The van der Waals surface area contributed by atoms with Crippen LogP contribution in [0.1, 0.15) is 5.56 Å². The van der Waals surface area contributed by atoms with Crippen LogP contribution in [-0.2, 0) is 0 Å². The molecule has 0 spiro atoms. The minimum atomic E-state index is 0.943. The first-order valence-corrected chi connectivity index (χ1v) is 5.71.